The molecule has 0 aromatic heterocycles. The average Bonchev–Trinajstić information content (AvgIpc) is 2.66. The van der Waals surface area contributed by atoms with Crippen LogP contribution in [0, 0.1) is 0 Å². The second-order valence-electron chi connectivity index (χ2n) is 5.40. The molecule has 0 aliphatic heterocycles. The number of ether oxygens (including phenoxy) is 1. The molecule has 2 N–H and O–H groups in total. The fraction of sp³-hybridized carbons (Fsp3) is 0.211. The van der Waals surface area contributed by atoms with E-state index in [0.717, 1.165) is 12.0 Å². The second-order valence-corrected chi connectivity index (χ2v) is 5.84. The van der Waals surface area contributed by atoms with Gasteiger partial charge in [0.05, 0.1) is 19.4 Å². The third-order valence-electron chi connectivity index (χ3n) is 3.27. The number of halogens is 1. The predicted molar refractivity (Wildman–Crippen MR) is 102 cm³/mol. The molecule has 7 heteroatoms. The van der Waals surface area contributed by atoms with Gasteiger partial charge in [-0.1, -0.05) is 30.7 Å². The topological polar surface area (TPSA) is 79.8 Å². The highest BCUT2D eigenvalue weighted by molar-refractivity contribution is 6.30. The van der Waals surface area contributed by atoms with Gasteiger partial charge in [0.15, 0.2) is 0 Å². The summed E-state index contributed by atoms with van der Waals surface area (Å²) in [6, 6.07) is 13.7. The lowest BCUT2D eigenvalue weighted by atomic mass is 10.2. The van der Waals surface area contributed by atoms with Crippen LogP contribution in [0.2, 0.25) is 5.02 Å². The van der Waals surface area contributed by atoms with Crippen LogP contribution in [0.5, 0.6) is 5.75 Å². The van der Waals surface area contributed by atoms with E-state index in [0.29, 0.717) is 22.9 Å². The zero-order valence-corrected chi connectivity index (χ0v) is 15.1. The molecule has 0 saturated heterocycles. The number of rotatable bonds is 8. The van der Waals surface area contributed by atoms with E-state index >= 15 is 0 Å². The minimum Gasteiger partial charge on any atom is -0.494 e. The normalized spacial score (nSPS) is 10.5. The molecule has 0 bridgehead atoms. The molecule has 6 nitrogen and oxygen atoms in total. The number of carbonyl (C=O) groups excluding carboxylic acids is 2. The first-order chi connectivity index (χ1) is 12.6. The quantitative estimate of drug-likeness (QED) is 0.551. The summed E-state index contributed by atoms with van der Waals surface area (Å²) in [6.07, 6.45) is 2.41. The Morgan fingerprint density at radius 3 is 2.46 bits per heavy atom. The maximum absolute atomic E-state index is 12.0. The largest absolute Gasteiger partial charge is 0.494 e. The molecule has 0 aliphatic rings. The molecule has 0 atom stereocenters. The fourth-order valence-corrected chi connectivity index (χ4v) is 2.08. The molecule has 0 heterocycles. The van der Waals surface area contributed by atoms with Crippen molar-refractivity contribution in [3.8, 4) is 5.75 Å². The van der Waals surface area contributed by atoms with Gasteiger partial charge in [-0.05, 0) is 48.4 Å². The van der Waals surface area contributed by atoms with E-state index in [1.54, 1.807) is 48.5 Å². The zero-order valence-electron chi connectivity index (χ0n) is 14.4. The van der Waals surface area contributed by atoms with Crippen molar-refractivity contribution in [2.75, 3.05) is 13.2 Å². The van der Waals surface area contributed by atoms with Crippen molar-refractivity contribution in [3.05, 3.63) is 64.7 Å². The first-order valence-electron chi connectivity index (χ1n) is 8.17. The molecule has 0 saturated carbocycles. The maximum Gasteiger partial charge on any atom is 0.259 e. The van der Waals surface area contributed by atoms with Crippen molar-refractivity contribution in [2.24, 2.45) is 5.10 Å². The van der Waals surface area contributed by atoms with Crippen molar-refractivity contribution in [2.45, 2.75) is 13.3 Å². The first kappa shape index (κ1) is 19.5. The summed E-state index contributed by atoms with van der Waals surface area (Å²) in [5.74, 6) is -0.0620. The van der Waals surface area contributed by atoms with E-state index in [-0.39, 0.29) is 12.5 Å². The number of hydrogen-bond acceptors (Lipinski definition) is 4. The monoisotopic (exact) mass is 373 g/mol. The van der Waals surface area contributed by atoms with Crippen LogP contribution in [-0.4, -0.2) is 31.2 Å². The number of nitrogens with one attached hydrogen (secondary N) is 2. The van der Waals surface area contributed by atoms with Gasteiger partial charge in [0.1, 0.15) is 5.75 Å². The van der Waals surface area contributed by atoms with E-state index < -0.39 is 5.91 Å². The lowest BCUT2D eigenvalue weighted by Gasteiger charge is -2.07. The van der Waals surface area contributed by atoms with E-state index in [1.165, 1.54) is 6.21 Å². The van der Waals surface area contributed by atoms with Crippen LogP contribution in [-0.2, 0) is 4.79 Å². The molecule has 0 spiro atoms. The van der Waals surface area contributed by atoms with Gasteiger partial charge in [0.25, 0.3) is 11.8 Å². The lowest BCUT2D eigenvalue weighted by molar-refractivity contribution is -0.120. The van der Waals surface area contributed by atoms with Gasteiger partial charge >= 0.3 is 0 Å². The lowest BCUT2D eigenvalue weighted by Crippen LogP contribution is -2.34. The Bertz CT molecular complexity index is 759. The summed E-state index contributed by atoms with van der Waals surface area (Å²) in [5, 5.41) is 6.98. The Hall–Kier alpha value is -2.86. The van der Waals surface area contributed by atoms with Crippen LogP contribution < -0.4 is 15.5 Å². The van der Waals surface area contributed by atoms with Crippen LogP contribution in [0.15, 0.2) is 53.6 Å². The molecular weight excluding hydrogens is 354 g/mol. The minimum atomic E-state index is -0.425. The highest BCUT2D eigenvalue weighted by Gasteiger charge is 2.07. The molecule has 26 heavy (non-hydrogen) atoms. The molecule has 2 rings (SSSR count). The van der Waals surface area contributed by atoms with Gasteiger partial charge < -0.3 is 10.1 Å². The van der Waals surface area contributed by atoms with E-state index in [9.17, 15) is 9.59 Å². The standard InChI is InChI=1S/C19H20ClN3O3/c1-2-11-26-17-9-5-15(6-10-17)19(25)21-13-18(24)23-22-12-14-3-7-16(20)8-4-14/h3-10,12H,2,11,13H2,1H3,(H,21,25)(H,23,24)/b22-12+. The number of nitrogens with zero attached hydrogens (tertiary/aromatic N) is 1. The van der Waals surface area contributed by atoms with Crippen molar-refractivity contribution < 1.29 is 14.3 Å². The number of benzene rings is 2. The third kappa shape index (κ3) is 6.57. The van der Waals surface area contributed by atoms with Gasteiger partial charge in [-0.25, -0.2) is 5.43 Å². The third-order valence-corrected chi connectivity index (χ3v) is 3.52. The Morgan fingerprint density at radius 1 is 1.12 bits per heavy atom. The Kier molecular flexibility index (Phi) is 7.64. The molecule has 2 aromatic carbocycles. The first-order valence-corrected chi connectivity index (χ1v) is 8.55. The number of hydrogen-bond donors (Lipinski definition) is 2. The molecule has 0 aliphatic carbocycles. The summed E-state index contributed by atoms with van der Waals surface area (Å²) in [4.78, 5) is 23.7. The van der Waals surface area contributed by atoms with Crippen molar-refractivity contribution in [1.82, 2.24) is 10.7 Å². The predicted octanol–water partition coefficient (Wildman–Crippen LogP) is 3.01. The van der Waals surface area contributed by atoms with Crippen LogP contribution in [0.25, 0.3) is 0 Å². The van der Waals surface area contributed by atoms with Crippen LogP contribution in [0.4, 0.5) is 0 Å². The molecule has 0 unspecified atom stereocenters. The highest BCUT2D eigenvalue weighted by Crippen LogP contribution is 2.12. The second kappa shape index (κ2) is 10.2. The van der Waals surface area contributed by atoms with Gasteiger partial charge in [-0.3, -0.25) is 9.59 Å². The maximum atomic E-state index is 12.0. The molecule has 2 amide bonds. The molecule has 2 aromatic rings. The number of carbonyl (C=O) groups is 2. The van der Waals surface area contributed by atoms with Gasteiger partial charge in [-0.15, -0.1) is 0 Å². The van der Waals surface area contributed by atoms with Gasteiger partial charge in [-0.2, -0.15) is 5.10 Å². The Morgan fingerprint density at radius 2 is 1.81 bits per heavy atom. The summed E-state index contributed by atoms with van der Waals surface area (Å²) < 4.78 is 5.46. The summed E-state index contributed by atoms with van der Waals surface area (Å²) >= 11 is 5.79. The zero-order chi connectivity index (χ0) is 18.8. The van der Waals surface area contributed by atoms with Crippen molar-refractivity contribution >= 4 is 29.6 Å². The SMILES string of the molecule is CCCOc1ccc(C(=O)NCC(=O)N/N=C/c2ccc(Cl)cc2)cc1. The number of hydrazone groups is 1. The molecular formula is C19H20ClN3O3. The van der Waals surface area contributed by atoms with Crippen molar-refractivity contribution in [3.63, 3.8) is 0 Å². The van der Waals surface area contributed by atoms with E-state index in [1.807, 2.05) is 6.92 Å². The molecule has 0 radical (unpaired) electrons. The van der Waals surface area contributed by atoms with Gasteiger partial charge in [0, 0.05) is 10.6 Å². The summed E-state index contributed by atoms with van der Waals surface area (Å²) in [5.41, 5.74) is 3.59. The fourth-order valence-electron chi connectivity index (χ4n) is 1.95. The summed E-state index contributed by atoms with van der Waals surface area (Å²) in [6.45, 7) is 2.47. The highest BCUT2D eigenvalue weighted by atomic mass is 35.5. The Balaban J connectivity index is 1.75. The van der Waals surface area contributed by atoms with Gasteiger partial charge in [0.2, 0.25) is 0 Å². The molecule has 136 valence electrons. The van der Waals surface area contributed by atoms with E-state index in [4.69, 9.17) is 16.3 Å². The van der Waals surface area contributed by atoms with Crippen LogP contribution >= 0.6 is 11.6 Å². The Labute approximate surface area is 157 Å². The smallest absolute Gasteiger partial charge is 0.259 e. The van der Waals surface area contributed by atoms with Crippen molar-refractivity contribution in [1.29, 1.82) is 0 Å². The average molecular weight is 374 g/mol. The molecule has 0 fully saturated rings. The minimum absolute atomic E-state index is 0.176. The van der Waals surface area contributed by atoms with E-state index in [2.05, 4.69) is 15.8 Å². The van der Waals surface area contributed by atoms with Crippen LogP contribution in [0.3, 0.4) is 0 Å². The summed E-state index contributed by atoms with van der Waals surface area (Å²) in [7, 11) is 0. The number of amides is 2. The van der Waals surface area contributed by atoms with Crippen LogP contribution in [0.1, 0.15) is 29.3 Å².